The first-order chi connectivity index (χ1) is 23.0. The molecule has 8 unspecified atom stereocenters. The fourth-order valence-corrected chi connectivity index (χ4v) is 13.1. The van der Waals surface area contributed by atoms with Crippen LogP contribution in [0, 0.1) is 63.1 Å². The van der Waals surface area contributed by atoms with Gasteiger partial charge >= 0.3 is 18.1 Å². The quantitative estimate of drug-likeness (QED) is 0.274. The molecule has 9 atom stereocenters. The van der Waals surface area contributed by atoms with Crippen LogP contribution in [-0.4, -0.2) is 29.1 Å². The zero-order chi connectivity index (χ0) is 36.9. The number of carboxylic acid groups (broad SMARTS) is 1. The number of furan rings is 1. The molecular formula is C40H58F3NO6. The van der Waals surface area contributed by atoms with Gasteiger partial charge in [-0.2, -0.15) is 13.2 Å². The molecule has 0 aromatic carbocycles. The van der Waals surface area contributed by atoms with Crippen LogP contribution in [-0.2, 0) is 31.8 Å². The van der Waals surface area contributed by atoms with Crippen molar-refractivity contribution in [2.75, 3.05) is 0 Å². The number of aryl methyl sites for hydroxylation is 1. The van der Waals surface area contributed by atoms with Gasteiger partial charge in [-0.3, -0.25) is 14.4 Å². The Morgan fingerprint density at radius 3 is 2.26 bits per heavy atom. The molecule has 1 heterocycles. The van der Waals surface area contributed by atoms with E-state index in [4.69, 9.17) is 9.15 Å². The van der Waals surface area contributed by atoms with Crippen LogP contribution in [0.2, 0.25) is 0 Å². The molecule has 0 saturated heterocycles. The van der Waals surface area contributed by atoms with Gasteiger partial charge in [-0.25, -0.2) is 0 Å². The Hall–Kier alpha value is -2.52. The average molecular weight is 706 g/mol. The number of carbonyl (C=O) groups is 3. The van der Waals surface area contributed by atoms with E-state index >= 15 is 0 Å². The van der Waals surface area contributed by atoms with Crippen molar-refractivity contribution in [3.8, 4) is 0 Å². The Morgan fingerprint density at radius 1 is 0.900 bits per heavy atom. The molecule has 5 saturated carbocycles. The number of carbonyl (C=O) groups excluding carboxylic acids is 2. The molecule has 1 aromatic heterocycles. The molecule has 2 N–H and O–H groups in total. The molecule has 7 nitrogen and oxygen atoms in total. The van der Waals surface area contributed by atoms with Crippen LogP contribution >= 0.6 is 0 Å². The Bertz CT molecular complexity index is 1530. The minimum atomic E-state index is -4.61. The first kappa shape index (κ1) is 37.2. The van der Waals surface area contributed by atoms with Crippen molar-refractivity contribution in [2.24, 2.45) is 56.2 Å². The summed E-state index contributed by atoms with van der Waals surface area (Å²) in [5.74, 6) is -1.18. The second-order valence-corrected chi connectivity index (χ2v) is 18.9. The molecule has 5 fully saturated rings. The largest absolute Gasteiger partial charge is 0.481 e. The fourth-order valence-electron chi connectivity index (χ4n) is 13.1. The van der Waals surface area contributed by atoms with Gasteiger partial charge in [-0.05, 0) is 130 Å². The van der Waals surface area contributed by atoms with Gasteiger partial charge in [-0.15, -0.1) is 0 Å². The lowest BCUT2D eigenvalue weighted by Gasteiger charge is -2.72. The lowest BCUT2D eigenvalue weighted by molar-refractivity contribution is -0.247. The number of ether oxygens (including phenoxy) is 1. The van der Waals surface area contributed by atoms with Crippen LogP contribution in [0.5, 0.6) is 0 Å². The third kappa shape index (κ3) is 5.45. The highest BCUT2D eigenvalue weighted by Gasteiger charge is 2.71. The van der Waals surface area contributed by atoms with E-state index in [-0.39, 0.29) is 58.1 Å². The third-order valence-electron chi connectivity index (χ3n) is 16.0. The highest BCUT2D eigenvalue weighted by molar-refractivity contribution is 5.84. The normalized spacial score (nSPS) is 39.4. The SMILES string of the molecule is Cc1coc(C(F)(F)F)c1CNC(=O)C12CCCC1C1CCC3C4(C)CCC(OC(=O)CC(C)(C)C(=O)O)C(C)(C)C4CCC3(C)[C@]1(C)CC2. The van der Waals surface area contributed by atoms with Crippen LogP contribution in [0.25, 0.3) is 0 Å². The van der Waals surface area contributed by atoms with E-state index in [1.807, 2.05) is 0 Å². The highest BCUT2D eigenvalue weighted by Crippen LogP contribution is 2.77. The van der Waals surface area contributed by atoms with Crippen molar-refractivity contribution in [1.29, 1.82) is 0 Å². The molecular weight excluding hydrogens is 647 g/mol. The predicted octanol–water partition coefficient (Wildman–Crippen LogP) is 9.49. The maximum atomic E-state index is 14.1. The highest BCUT2D eigenvalue weighted by atomic mass is 19.4. The first-order valence-electron chi connectivity index (χ1n) is 18.9. The van der Waals surface area contributed by atoms with Crippen molar-refractivity contribution in [2.45, 2.75) is 151 Å². The molecule has 0 bridgehead atoms. The van der Waals surface area contributed by atoms with E-state index in [1.165, 1.54) is 0 Å². The average Bonchev–Trinajstić information content (AvgIpc) is 3.61. The molecule has 0 spiro atoms. The minimum Gasteiger partial charge on any atom is -0.481 e. The molecule has 6 rings (SSSR count). The number of hydrogen-bond acceptors (Lipinski definition) is 5. The summed E-state index contributed by atoms with van der Waals surface area (Å²) in [6, 6.07) is 0. The number of aliphatic carboxylic acids is 1. The number of esters is 1. The van der Waals surface area contributed by atoms with Gasteiger partial charge in [0.05, 0.1) is 23.5 Å². The lowest BCUT2D eigenvalue weighted by atomic mass is 9.32. The molecule has 50 heavy (non-hydrogen) atoms. The third-order valence-corrected chi connectivity index (χ3v) is 16.0. The molecule has 0 aliphatic heterocycles. The van der Waals surface area contributed by atoms with Gasteiger partial charge in [0, 0.05) is 17.5 Å². The van der Waals surface area contributed by atoms with Crippen molar-refractivity contribution in [1.82, 2.24) is 5.32 Å². The summed E-state index contributed by atoms with van der Waals surface area (Å²) in [5, 5.41) is 12.5. The smallest absolute Gasteiger partial charge is 0.449 e. The minimum absolute atomic E-state index is 0.00646. The Balaban J connectivity index is 1.20. The molecule has 5 aliphatic carbocycles. The van der Waals surface area contributed by atoms with E-state index in [0.29, 0.717) is 23.3 Å². The second-order valence-electron chi connectivity index (χ2n) is 18.9. The van der Waals surface area contributed by atoms with Gasteiger partial charge in [0.15, 0.2) is 0 Å². The van der Waals surface area contributed by atoms with Crippen LogP contribution < -0.4 is 5.32 Å². The van der Waals surface area contributed by atoms with Crippen molar-refractivity contribution in [3.05, 3.63) is 23.2 Å². The number of halogens is 3. The molecule has 280 valence electrons. The maximum absolute atomic E-state index is 14.1. The Kier molecular flexibility index (Phi) is 8.94. The van der Waals surface area contributed by atoms with Crippen molar-refractivity contribution in [3.63, 3.8) is 0 Å². The first-order valence-corrected chi connectivity index (χ1v) is 18.9. The van der Waals surface area contributed by atoms with Gasteiger partial charge in [0.2, 0.25) is 11.7 Å². The Labute approximate surface area is 295 Å². The van der Waals surface area contributed by atoms with E-state index < -0.39 is 34.7 Å². The predicted molar refractivity (Wildman–Crippen MR) is 181 cm³/mol. The van der Waals surface area contributed by atoms with Gasteiger partial charge in [-0.1, -0.05) is 41.0 Å². The number of alkyl halides is 3. The summed E-state index contributed by atoms with van der Waals surface area (Å²) in [6.07, 6.45) is 6.39. The molecule has 5 aliphatic rings. The lowest BCUT2D eigenvalue weighted by Crippen LogP contribution is -2.67. The number of carboxylic acids is 1. The summed E-state index contributed by atoms with van der Waals surface area (Å²) in [7, 11) is 0. The summed E-state index contributed by atoms with van der Waals surface area (Å²) < 4.78 is 51.9. The van der Waals surface area contributed by atoms with E-state index in [1.54, 1.807) is 20.8 Å². The summed E-state index contributed by atoms with van der Waals surface area (Å²) in [5.41, 5.74) is -1.46. The molecule has 1 aromatic rings. The van der Waals surface area contributed by atoms with Crippen LogP contribution in [0.4, 0.5) is 13.2 Å². The van der Waals surface area contributed by atoms with Gasteiger partial charge in [0.1, 0.15) is 6.10 Å². The second kappa shape index (κ2) is 12.0. The molecule has 0 radical (unpaired) electrons. The summed E-state index contributed by atoms with van der Waals surface area (Å²) in [4.78, 5) is 38.8. The zero-order valence-electron chi connectivity index (χ0n) is 31.3. The van der Waals surface area contributed by atoms with Crippen molar-refractivity contribution >= 4 is 17.8 Å². The van der Waals surface area contributed by atoms with Crippen LogP contribution in [0.1, 0.15) is 142 Å². The van der Waals surface area contributed by atoms with E-state index in [0.717, 1.165) is 76.9 Å². The number of hydrogen-bond donors (Lipinski definition) is 2. The van der Waals surface area contributed by atoms with E-state index in [9.17, 15) is 32.7 Å². The number of rotatable bonds is 7. The number of fused-ring (bicyclic) bond motifs is 7. The van der Waals surface area contributed by atoms with Gasteiger partial charge < -0.3 is 19.6 Å². The topological polar surface area (TPSA) is 106 Å². The van der Waals surface area contributed by atoms with Crippen molar-refractivity contribution < 1.29 is 41.8 Å². The van der Waals surface area contributed by atoms with Crippen LogP contribution in [0.15, 0.2) is 10.7 Å². The summed E-state index contributed by atoms with van der Waals surface area (Å²) >= 11 is 0. The Morgan fingerprint density at radius 2 is 1.60 bits per heavy atom. The molecule has 1 amide bonds. The standard InChI is InChI=1S/C40H58F3NO6/c1-23-22-49-31(40(41,42)43)24(23)21-44-32(46)39-15-9-10-26(39)25-11-12-28-36(6)16-14-29(50-30(45)20-34(2,3)33(47)48)35(4,5)27(36)13-17-38(28,8)37(25,7)18-19-39/h22,25-29H,9-21H2,1-8H3,(H,44,46)(H,47,48)/t25?,26?,27?,28?,29?,36?,37-,38?,39?/m1/s1. The number of nitrogens with one attached hydrogen (secondary N) is 1. The zero-order valence-corrected chi connectivity index (χ0v) is 31.3. The fraction of sp³-hybridized carbons (Fsp3) is 0.825. The number of amides is 1. The van der Waals surface area contributed by atoms with E-state index in [2.05, 4.69) is 39.9 Å². The summed E-state index contributed by atoms with van der Waals surface area (Å²) in [6.45, 7) is 16.5. The maximum Gasteiger partial charge on any atom is 0.449 e. The monoisotopic (exact) mass is 705 g/mol. The van der Waals surface area contributed by atoms with Gasteiger partial charge in [0.25, 0.3) is 0 Å². The molecule has 10 heteroatoms. The van der Waals surface area contributed by atoms with Crippen LogP contribution in [0.3, 0.4) is 0 Å².